The van der Waals surface area contributed by atoms with Crippen LogP contribution in [0.3, 0.4) is 0 Å². The molecule has 2 heterocycles. The molecule has 9 heteroatoms. The monoisotopic (exact) mass is 392 g/mol. The molecule has 0 saturated carbocycles. The van der Waals surface area contributed by atoms with Crippen molar-refractivity contribution in [3.8, 4) is 11.4 Å². The molecule has 4 aromatic rings. The van der Waals surface area contributed by atoms with Crippen LogP contribution >= 0.6 is 11.3 Å². The molecule has 0 aliphatic carbocycles. The van der Waals surface area contributed by atoms with Crippen LogP contribution in [0.1, 0.15) is 20.8 Å². The van der Waals surface area contributed by atoms with Crippen LogP contribution in [-0.2, 0) is 6.42 Å². The Kier molecular flexibility index (Phi) is 5.07. The Morgan fingerprint density at radius 2 is 2.07 bits per heavy atom. The van der Waals surface area contributed by atoms with Crippen LogP contribution in [0.5, 0.6) is 5.75 Å². The van der Waals surface area contributed by atoms with Crippen molar-refractivity contribution in [2.75, 3.05) is 12.4 Å². The zero-order valence-corrected chi connectivity index (χ0v) is 15.8. The number of methoxy groups -OCH3 is 1. The Labute approximate surface area is 164 Å². The molecule has 2 aromatic carbocycles. The number of benzene rings is 2. The molecule has 4 rings (SSSR count). The van der Waals surface area contributed by atoms with E-state index in [0.717, 1.165) is 22.6 Å². The van der Waals surface area contributed by atoms with Gasteiger partial charge in [-0.05, 0) is 46.3 Å². The molecule has 0 bridgehead atoms. The van der Waals surface area contributed by atoms with Gasteiger partial charge in [-0.15, -0.1) is 16.4 Å². The van der Waals surface area contributed by atoms with Crippen LogP contribution in [0, 0.1) is 0 Å². The highest BCUT2D eigenvalue weighted by Gasteiger charge is 2.11. The SMILES string of the molecule is COc1ccc(Cc2cnc(NC(=O)c3cccc(-n4cnnn4)c3)s2)cc1. The quantitative estimate of drug-likeness (QED) is 0.542. The topological polar surface area (TPSA) is 94.8 Å². The van der Waals surface area contributed by atoms with Gasteiger partial charge in [0.25, 0.3) is 5.91 Å². The van der Waals surface area contributed by atoms with Crippen LogP contribution < -0.4 is 10.1 Å². The summed E-state index contributed by atoms with van der Waals surface area (Å²) in [5.74, 6) is 0.588. The zero-order valence-electron chi connectivity index (χ0n) is 14.9. The minimum atomic E-state index is -0.236. The van der Waals surface area contributed by atoms with E-state index in [0.29, 0.717) is 16.4 Å². The molecule has 0 atom stereocenters. The molecule has 0 unspecified atom stereocenters. The van der Waals surface area contributed by atoms with Crippen LogP contribution in [0.25, 0.3) is 5.69 Å². The van der Waals surface area contributed by atoms with Gasteiger partial charge in [0.1, 0.15) is 12.1 Å². The second kappa shape index (κ2) is 7.97. The number of thiazole rings is 1. The van der Waals surface area contributed by atoms with Gasteiger partial charge in [-0.25, -0.2) is 9.67 Å². The van der Waals surface area contributed by atoms with E-state index in [4.69, 9.17) is 4.74 Å². The second-order valence-electron chi connectivity index (χ2n) is 5.92. The lowest BCUT2D eigenvalue weighted by atomic mass is 10.1. The number of hydrogen-bond donors (Lipinski definition) is 1. The number of rotatable bonds is 6. The lowest BCUT2D eigenvalue weighted by molar-refractivity contribution is 0.102. The summed E-state index contributed by atoms with van der Waals surface area (Å²) in [7, 11) is 1.64. The van der Waals surface area contributed by atoms with Crippen LogP contribution in [0.15, 0.2) is 61.1 Å². The van der Waals surface area contributed by atoms with Gasteiger partial charge in [-0.3, -0.25) is 10.1 Å². The fourth-order valence-electron chi connectivity index (χ4n) is 2.63. The van der Waals surface area contributed by atoms with E-state index >= 15 is 0 Å². The number of nitrogens with zero attached hydrogens (tertiary/aromatic N) is 5. The maximum Gasteiger partial charge on any atom is 0.257 e. The highest BCUT2D eigenvalue weighted by atomic mass is 32.1. The molecule has 0 spiro atoms. The van der Waals surface area contributed by atoms with E-state index in [1.807, 2.05) is 30.3 Å². The van der Waals surface area contributed by atoms with Gasteiger partial charge < -0.3 is 4.74 Å². The fourth-order valence-corrected chi connectivity index (χ4v) is 3.47. The van der Waals surface area contributed by atoms with Crippen molar-refractivity contribution >= 4 is 22.4 Å². The molecule has 1 amide bonds. The van der Waals surface area contributed by atoms with E-state index in [9.17, 15) is 4.79 Å². The van der Waals surface area contributed by atoms with Gasteiger partial charge in [0.15, 0.2) is 5.13 Å². The van der Waals surface area contributed by atoms with Crippen molar-refractivity contribution in [3.63, 3.8) is 0 Å². The van der Waals surface area contributed by atoms with Crippen LogP contribution in [0.4, 0.5) is 5.13 Å². The summed E-state index contributed by atoms with van der Waals surface area (Å²) in [4.78, 5) is 17.9. The molecular weight excluding hydrogens is 376 g/mol. The number of carbonyl (C=O) groups excluding carboxylic acids is 1. The first-order valence-electron chi connectivity index (χ1n) is 8.44. The predicted molar refractivity (Wildman–Crippen MR) is 105 cm³/mol. The fraction of sp³-hybridized carbons (Fsp3) is 0.105. The smallest absolute Gasteiger partial charge is 0.257 e. The summed E-state index contributed by atoms with van der Waals surface area (Å²) < 4.78 is 6.66. The van der Waals surface area contributed by atoms with Crippen molar-refractivity contribution in [2.45, 2.75) is 6.42 Å². The van der Waals surface area contributed by atoms with Crippen LogP contribution in [0.2, 0.25) is 0 Å². The van der Waals surface area contributed by atoms with Crippen molar-refractivity contribution in [2.24, 2.45) is 0 Å². The molecule has 0 saturated heterocycles. The third-order valence-corrected chi connectivity index (χ3v) is 4.95. The Bertz CT molecular complexity index is 1080. The van der Waals surface area contributed by atoms with Gasteiger partial charge in [0.2, 0.25) is 0 Å². The second-order valence-corrected chi connectivity index (χ2v) is 7.03. The zero-order chi connectivity index (χ0) is 19.3. The lowest BCUT2D eigenvalue weighted by Gasteiger charge is -2.04. The summed E-state index contributed by atoms with van der Waals surface area (Å²) in [5.41, 5.74) is 2.35. The summed E-state index contributed by atoms with van der Waals surface area (Å²) >= 11 is 1.45. The van der Waals surface area contributed by atoms with Crippen molar-refractivity contribution in [1.82, 2.24) is 25.2 Å². The van der Waals surface area contributed by atoms with E-state index in [1.165, 1.54) is 22.3 Å². The maximum absolute atomic E-state index is 12.6. The number of nitrogens with one attached hydrogen (secondary N) is 1. The van der Waals surface area contributed by atoms with Crippen molar-refractivity contribution in [3.05, 3.63) is 77.1 Å². The summed E-state index contributed by atoms with van der Waals surface area (Å²) in [6, 6.07) is 14.9. The predicted octanol–water partition coefficient (Wildman–Crippen LogP) is 2.97. The molecule has 28 heavy (non-hydrogen) atoms. The first kappa shape index (κ1) is 17.8. The Morgan fingerprint density at radius 3 is 2.82 bits per heavy atom. The lowest BCUT2D eigenvalue weighted by Crippen LogP contribution is -2.12. The Balaban J connectivity index is 1.43. The number of amides is 1. The largest absolute Gasteiger partial charge is 0.497 e. The van der Waals surface area contributed by atoms with Gasteiger partial charge >= 0.3 is 0 Å². The minimum Gasteiger partial charge on any atom is -0.497 e. The number of aromatic nitrogens is 5. The Hall–Kier alpha value is -3.59. The summed E-state index contributed by atoms with van der Waals surface area (Å²) in [6.45, 7) is 0. The molecule has 140 valence electrons. The number of tetrazole rings is 1. The summed E-state index contributed by atoms with van der Waals surface area (Å²) in [6.07, 6.45) is 4.00. The molecule has 0 fully saturated rings. The molecule has 8 nitrogen and oxygen atoms in total. The van der Waals surface area contributed by atoms with Crippen LogP contribution in [-0.4, -0.2) is 38.2 Å². The van der Waals surface area contributed by atoms with Crippen molar-refractivity contribution < 1.29 is 9.53 Å². The molecule has 0 aliphatic rings. The van der Waals surface area contributed by atoms with Gasteiger partial charge in [0, 0.05) is 23.1 Å². The number of ether oxygens (including phenoxy) is 1. The van der Waals surface area contributed by atoms with E-state index < -0.39 is 0 Å². The molecule has 2 aromatic heterocycles. The normalized spacial score (nSPS) is 10.6. The number of carbonyl (C=O) groups is 1. The average molecular weight is 392 g/mol. The average Bonchev–Trinajstić information content (AvgIpc) is 3.41. The third-order valence-electron chi connectivity index (χ3n) is 4.03. The number of hydrogen-bond acceptors (Lipinski definition) is 7. The standard InChI is InChI=1S/C19H16N6O2S/c1-27-16-7-5-13(6-8-16)9-17-11-20-19(28-17)22-18(26)14-3-2-4-15(10-14)25-12-21-23-24-25/h2-8,10-12H,9H2,1H3,(H,20,22,26). The number of anilines is 1. The highest BCUT2D eigenvalue weighted by molar-refractivity contribution is 7.15. The van der Waals surface area contributed by atoms with Crippen molar-refractivity contribution in [1.29, 1.82) is 0 Å². The molecule has 0 radical (unpaired) electrons. The molecular formula is C19H16N6O2S. The van der Waals surface area contributed by atoms with E-state index in [1.54, 1.807) is 31.5 Å². The maximum atomic E-state index is 12.6. The van der Waals surface area contributed by atoms with Gasteiger partial charge in [-0.2, -0.15) is 0 Å². The first-order chi connectivity index (χ1) is 13.7. The summed E-state index contributed by atoms with van der Waals surface area (Å²) in [5, 5.41) is 14.4. The van der Waals surface area contributed by atoms with Gasteiger partial charge in [0.05, 0.1) is 12.8 Å². The highest BCUT2D eigenvalue weighted by Crippen LogP contribution is 2.23. The Morgan fingerprint density at radius 1 is 1.21 bits per heavy atom. The van der Waals surface area contributed by atoms with E-state index in [2.05, 4.69) is 25.8 Å². The van der Waals surface area contributed by atoms with E-state index in [-0.39, 0.29) is 5.91 Å². The van der Waals surface area contributed by atoms with Gasteiger partial charge in [-0.1, -0.05) is 18.2 Å². The molecule has 1 N–H and O–H groups in total. The minimum absolute atomic E-state index is 0.236. The first-order valence-corrected chi connectivity index (χ1v) is 9.25. The third kappa shape index (κ3) is 4.04. The molecule has 0 aliphatic heterocycles.